The lowest BCUT2D eigenvalue weighted by Crippen LogP contribution is -2.38. The van der Waals surface area contributed by atoms with Crippen LogP contribution in [-0.2, 0) is 0 Å². The lowest BCUT2D eigenvalue weighted by Gasteiger charge is -2.26. The molecule has 0 bridgehead atoms. The summed E-state index contributed by atoms with van der Waals surface area (Å²) >= 11 is 1.75. The molecule has 0 radical (unpaired) electrons. The number of anilines is 1. The maximum absolute atomic E-state index is 4.57. The van der Waals surface area contributed by atoms with Crippen LogP contribution in [0.2, 0.25) is 0 Å². The van der Waals surface area contributed by atoms with E-state index >= 15 is 0 Å². The molecule has 1 unspecified atom stereocenters. The van der Waals surface area contributed by atoms with Crippen LogP contribution in [0, 0.1) is 6.92 Å². The standard InChI is InChI=1S/C15H22N4S/c1-3-6-16-9-12-5-4-7-19(12)14-13-8-11(2)20-15(13)18-10-17-14/h8,10,12,16H,3-7,9H2,1-2H3. The largest absolute Gasteiger partial charge is 0.352 e. The Hall–Kier alpha value is -1.20. The summed E-state index contributed by atoms with van der Waals surface area (Å²) in [5, 5.41) is 4.77. The fourth-order valence-electron chi connectivity index (χ4n) is 2.96. The van der Waals surface area contributed by atoms with Crippen LogP contribution in [0.15, 0.2) is 12.4 Å². The topological polar surface area (TPSA) is 41.0 Å². The first-order valence-electron chi connectivity index (χ1n) is 7.48. The second-order valence-corrected chi connectivity index (χ2v) is 6.70. The second-order valence-electron chi connectivity index (χ2n) is 5.47. The van der Waals surface area contributed by atoms with E-state index in [0.717, 1.165) is 30.3 Å². The molecule has 0 aromatic carbocycles. The first-order chi connectivity index (χ1) is 9.79. The van der Waals surface area contributed by atoms with Crippen LogP contribution < -0.4 is 10.2 Å². The number of rotatable bonds is 5. The molecule has 1 atom stereocenters. The summed E-state index contributed by atoms with van der Waals surface area (Å²) < 4.78 is 0. The Labute approximate surface area is 124 Å². The highest BCUT2D eigenvalue weighted by Crippen LogP contribution is 2.33. The first-order valence-corrected chi connectivity index (χ1v) is 8.29. The average molecular weight is 290 g/mol. The Kier molecular flexibility index (Phi) is 4.17. The quantitative estimate of drug-likeness (QED) is 0.860. The number of fused-ring (bicyclic) bond motifs is 1. The highest BCUT2D eigenvalue weighted by atomic mass is 32.1. The van der Waals surface area contributed by atoms with Crippen molar-refractivity contribution in [2.75, 3.05) is 24.5 Å². The molecule has 1 aliphatic rings. The number of hydrogen-bond acceptors (Lipinski definition) is 5. The van der Waals surface area contributed by atoms with Gasteiger partial charge in [-0.2, -0.15) is 0 Å². The Morgan fingerprint density at radius 3 is 3.20 bits per heavy atom. The minimum absolute atomic E-state index is 0.569. The van der Waals surface area contributed by atoms with Gasteiger partial charge in [-0.3, -0.25) is 0 Å². The zero-order valence-corrected chi connectivity index (χ0v) is 13.0. The Bertz CT molecular complexity index is 580. The van der Waals surface area contributed by atoms with Crippen LogP contribution in [-0.4, -0.2) is 35.6 Å². The van der Waals surface area contributed by atoms with Crippen molar-refractivity contribution >= 4 is 27.4 Å². The molecule has 0 saturated carbocycles. The predicted octanol–water partition coefficient (Wildman–Crippen LogP) is 2.97. The van der Waals surface area contributed by atoms with E-state index in [1.165, 1.54) is 29.5 Å². The summed E-state index contributed by atoms with van der Waals surface area (Å²) in [7, 11) is 0. The maximum atomic E-state index is 4.57. The van der Waals surface area contributed by atoms with Crippen LogP contribution in [0.3, 0.4) is 0 Å². The van der Waals surface area contributed by atoms with E-state index in [1.807, 2.05) is 0 Å². The van der Waals surface area contributed by atoms with Gasteiger partial charge in [-0.05, 0) is 38.8 Å². The van der Waals surface area contributed by atoms with Crippen molar-refractivity contribution in [2.24, 2.45) is 0 Å². The molecule has 0 aliphatic carbocycles. The van der Waals surface area contributed by atoms with E-state index in [0.29, 0.717) is 6.04 Å². The fraction of sp³-hybridized carbons (Fsp3) is 0.600. The van der Waals surface area contributed by atoms with Crippen LogP contribution in [0.25, 0.3) is 10.2 Å². The van der Waals surface area contributed by atoms with E-state index in [1.54, 1.807) is 17.7 Å². The van der Waals surface area contributed by atoms with Crippen molar-refractivity contribution < 1.29 is 0 Å². The van der Waals surface area contributed by atoms with Crippen LogP contribution >= 0.6 is 11.3 Å². The monoisotopic (exact) mass is 290 g/mol. The highest BCUT2D eigenvalue weighted by molar-refractivity contribution is 7.18. The van der Waals surface area contributed by atoms with Crippen molar-refractivity contribution in [2.45, 2.75) is 39.2 Å². The van der Waals surface area contributed by atoms with E-state index in [4.69, 9.17) is 0 Å². The minimum Gasteiger partial charge on any atom is -0.352 e. The van der Waals surface area contributed by atoms with Gasteiger partial charge in [0.2, 0.25) is 0 Å². The van der Waals surface area contributed by atoms with Gasteiger partial charge in [-0.1, -0.05) is 6.92 Å². The van der Waals surface area contributed by atoms with Gasteiger partial charge in [-0.15, -0.1) is 11.3 Å². The molecule has 3 heterocycles. The summed E-state index contributed by atoms with van der Waals surface area (Å²) in [5.74, 6) is 1.13. The molecular formula is C15H22N4S. The third-order valence-corrected chi connectivity index (χ3v) is 4.85. The van der Waals surface area contributed by atoms with Crippen LogP contribution in [0.1, 0.15) is 31.1 Å². The van der Waals surface area contributed by atoms with E-state index < -0.39 is 0 Å². The van der Waals surface area contributed by atoms with Gasteiger partial charge >= 0.3 is 0 Å². The van der Waals surface area contributed by atoms with E-state index in [-0.39, 0.29) is 0 Å². The molecule has 108 valence electrons. The Morgan fingerprint density at radius 1 is 1.45 bits per heavy atom. The summed E-state index contributed by atoms with van der Waals surface area (Å²) in [6.45, 7) is 7.62. The van der Waals surface area contributed by atoms with Gasteiger partial charge in [0.1, 0.15) is 17.0 Å². The van der Waals surface area contributed by atoms with Crippen molar-refractivity contribution in [3.05, 3.63) is 17.3 Å². The Morgan fingerprint density at radius 2 is 2.35 bits per heavy atom. The number of thiophene rings is 1. The minimum atomic E-state index is 0.569. The molecular weight excluding hydrogens is 268 g/mol. The summed E-state index contributed by atoms with van der Waals surface area (Å²) in [6, 6.07) is 2.80. The van der Waals surface area contributed by atoms with Gasteiger partial charge in [0.25, 0.3) is 0 Å². The molecule has 5 heteroatoms. The second kappa shape index (κ2) is 6.06. The number of aryl methyl sites for hydroxylation is 1. The van der Waals surface area contributed by atoms with E-state index in [9.17, 15) is 0 Å². The van der Waals surface area contributed by atoms with Gasteiger partial charge in [-0.25, -0.2) is 9.97 Å². The number of nitrogens with one attached hydrogen (secondary N) is 1. The molecule has 1 N–H and O–H groups in total. The molecule has 1 aliphatic heterocycles. The van der Waals surface area contributed by atoms with Crippen molar-refractivity contribution in [1.29, 1.82) is 0 Å². The van der Waals surface area contributed by atoms with Gasteiger partial charge in [0.15, 0.2) is 0 Å². The summed E-state index contributed by atoms with van der Waals surface area (Å²) in [5.41, 5.74) is 0. The van der Waals surface area contributed by atoms with Crippen molar-refractivity contribution in [3.63, 3.8) is 0 Å². The molecule has 4 nitrogen and oxygen atoms in total. The molecule has 0 spiro atoms. The van der Waals surface area contributed by atoms with Crippen LogP contribution in [0.4, 0.5) is 5.82 Å². The average Bonchev–Trinajstić information content (AvgIpc) is 3.03. The Balaban J connectivity index is 1.85. The predicted molar refractivity (Wildman–Crippen MR) is 85.7 cm³/mol. The fourth-order valence-corrected chi connectivity index (χ4v) is 3.81. The van der Waals surface area contributed by atoms with Gasteiger partial charge in [0.05, 0.1) is 5.39 Å². The van der Waals surface area contributed by atoms with Crippen LogP contribution in [0.5, 0.6) is 0 Å². The number of hydrogen-bond donors (Lipinski definition) is 1. The summed E-state index contributed by atoms with van der Waals surface area (Å²) in [6.07, 6.45) is 5.41. The van der Waals surface area contributed by atoms with Crippen molar-refractivity contribution in [3.8, 4) is 0 Å². The van der Waals surface area contributed by atoms with E-state index in [2.05, 4.69) is 40.1 Å². The number of aromatic nitrogens is 2. The molecule has 2 aromatic rings. The molecule has 0 amide bonds. The molecule has 3 rings (SSSR count). The molecule has 1 saturated heterocycles. The molecule has 2 aromatic heterocycles. The zero-order valence-electron chi connectivity index (χ0n) is 12.2. The van der Waals surface area contributed by atoms with Crippen molar-refractivity contribution in [1.82, 2.24) is 15.3 Å². The lowest BCUT2D eigenvalue weighted by molar-refractivity contribution is 0.569. The summed E-state index contributed by atoms with van der Waals surface area (Å²) in [4.78, 5) is 13.9. The highest BCUT2D eigenvalue weighted by Gasteiger charge is 2.27. The first kappa shape index (κ1) is 13.8. The SMILES string of the molecule is CCCNCC1CCCN1c1ncnc2sc(C)cc12. The normalized spacial score (nSPS) is 19.1. The van der Waals surface area contributed by atoms with Gasteiger partial charge in [0, 0.05) is 24.0 Å². The molecule has 1 fully saturated rings. The third kappa shape index (κ3) is 2.65. The smallest absolute Gasteiger partial charge is 0.141 e. The third-order valence-electron chi connectivity index (χ3n) is 3.89. The lowest BCUT2D eigenvalue weighted by atomic mass is 10.2. The molecule has 20 heavy (non-hydrogen) atoms. The number of nitrogens with zero attached hydrogens (tertiary/aromatic N) is 3. The maximum Gasteiger partial charge on any atom is 0.141 e. The van der Waals surface area contributed by atoms with Gasteiger partial charge < -0.3 is 10.2 Å². The zero-order chi connectivity index (χ0) is 13.9.